The van der Waals surface area contributed by atoms with Crippen molar-refractivity contribution in [3.8, 4) is 5.75 Å². The number of hydrogen-bond acceptors (Lipinski definition) is 4. The van der Waals surface area contributed by atoms with E-state index in [1.54, 1.807) is 0 Å². The summed E-state index contributed by atoms with van der Waals surface area (Å²) < 4.78 is 36.1. The Labute approximate surface area is 118 Å². The second-order valence-electron chi connectivity index (χ2n) is 3.13. The van der Waals surface area contributed by atoms with Crippen molar-refractivity contribution in [2.45, 2.75) is 12.8 Å². The van der Waals surface area contributed by atoms with Gasteiger partial charge in [0.1, 0.15) is 5.75 Å². The summed E-state index contributed by atoms with van der Waals surface area (Å²) in [4.78, 5) is 0. The smallest absolute Gasteiger partial charge is 0.748 e. The fourth-order valence-electron chi connectivity index (χ4n) is 1.09. The topological polar surface area (TPSA) is 66.4 Å². The Morgan fingerprint density at radius 1 is 1.12 bits per heavy atom. The van der Waals surface area contributed by atoms with E-state index in [0.717, 1.165) is 5.75 Å². The van der Waals surface area contributed by atoms with E-state index in [1.807, 2.05) is 30.3 Å². The molecule has 0 saturated carbocycles. The molecule has 0 spiro atoms. The molecule has 1 rings (SSSR count). The van der Waals surface area contributed by atoms with Crippen LogP contribution in [0.4, 0.5) is 0 Å². The maximum atomic E-state index is 10.3. The van der Waals surface area contributed by atoms with Crippen molar-refractivity contribution in [3.63, 3.8) is 0 Å². The molecule has 1 aromatic rings. The molecule has 0 heterocycles. The zero-order chi connectivity index (χ0) is 11.1. The maximum absolute atomic E-state index is 10.3. The van der Waals surface area contributed by atoms with Gasteiger partial charge in [0.2, 0.25) is 0 Å². The first-order chi connectivity index (χ1) is 7.08. The molecule has 1 aromatic carbocycles. The van der Waals surface area contributed by atoms with E-state index in [2.05, 4.69) is 0 Å². The monoisotopic (exact) mass is 252 g/mol. The minimum atomic E-state index is -4.07. The molecular weight excluding hydrogens is 239 g/mol. The van der Waals surface area contributed by atoms with Crippen LogP contribution >= 0.6 is 0 Å². The maximum Gasteiger partial charge on any atom is 1.00 e. The van der Waals surface area contributed by atoms with Crippen molar-refractivity contribution in [2.24, 2.45) is 0 Å². The molecule has 16 heavy (non-hydrogen) atoms. The van der Waals surface area contributed by atoms with Crippen molar-refractivity contribution in [1.29, 1.82) is 0 Å². The Balaban J connectivity index is 0.00000225. The van der Waals surface area contributed by atoms with Gasteiger partial charge in [-0.3, -0.25) is 0 Å². The number of benzene rings is 1. The van der Waals surface area contributed by atoms with Gasteiger partial charge in [0.15, 0.2) is 0 Å². The van der Waals surface area contributed by atoms with Crippen LogP contribution in [-0.2, 0) is 10.1 Å². The molecule has 0 unspecified atom stereocenters. The van der Waals surface area contributed by atoms with Gasteiger partial charge < -0.3 is 9.29 Å². The normalized spacial score (nSPS) is 10.6. The zero-order valence-electron chi connectivity index (χ0n) is 9.26. The third-order valence-electron chi connectivity index (χ3n) is 1.80. The van der Waals surface area contributed by atoms with Crippen molar-refractivity contribution < 1.29 is 47.3 Å². The third kappa shape index (κ3) is 8.13. The third-order valence-corrected chi connectivity index (χ3v) is 2.59. The second kappa shape index (κ2) is 8.08. The van der Waals surface area contributed by atoms with Crippen LogP contribution in [0.3, 0.4) is 0 Å². The molecule has 0 saturated heterocycles. The Morgan fingerprint density at radius 3 is 2.31 bits per heavy atom. The van der Waals surface area contributed by atoms with Crippen LogP contribution in [0.5, 0.6) is 5.75 Å². The molecule has 4 nitrogen and oxygen atoms in total. The van der Waals surface area contributed by atoms with Gasteiger partial charge in [-0.2, -0.15) is 0 Å². The van der Waals surface area contributed by atoms with E-state index in [1.165, 1.54) is 0 Å². The number of ether oxygens (including phenoxy) is 1. The molecular formula is C10H13NaO4S. The molecule has 0 fully saturated rings. The molecule has 0 bridgehead atoms. The van der Waals surface area contributed by atoms with Crippen LogP contribution < -0.4 is 34.3 Å². The fraction of sp³-hybridized carbons (Fsp3) is 0.400. The molecule has 84 valence electrons. The van der Waals surface area contributed by atoms with E-state index < -0.39 is 10.1 Å². The van der Waals surface area contributed by atoms with E-state index in [-0.39, 0.29) is 35.3 Å². The average Bonchev–Trinajstić information content (AvgIpc) is 2.17. The molecule has 0 N–H and O–H groups in total. The molecule has 0 radical (unpaired) electrons. The average molecular weight is 252 g/mol. The van der Waals surface area contributed by atoms with Crippen LogP contribution in [0, 0.1) is 0 Å². The summed E-state index contributed by atoms with van der Waals surface area (Å²) in [6.45, 7) is 0.430. The van der Waals surface area contributed by atoms with E-state index in [9.17, 15) is 13.0 Å². The van der Waals surface area contributed by atoms with E-state index in [0.29, 0.717) is 19.4 Å². The standard InChI is InChI=1S/C10H14O4S.Na/c11-15(12,13)9-5-4-8-14-10-6-2-1-3-7-10;/h1-3,6-7H,4-5,8-9H2,(H,11,12,13);/q;+1/p-1. The summed E-state index contributed by atoms with van der Waals surface area (Å²) in [6.07, 6.45) is 0.912. The van der Waals surface area contributed by atoms with Crippen LogP contribution in [-0.4, -0.2) is 25.3 Å². The van der Waals surface area contributed by atoms with Gasteiger partial charge in [-0.25, -0.2) is 8.42 Å². The van der Waals surface area contributed by atoms with Crippen molar-refractivity contribution in [3.05, 3.63) is 30.3 Å². The summed E-state index contributed by atoms with van der Waals surface area (Å²) in [5.41, 5.74) is 0. The van der Waals surface area contributed by atoms with Gasteiger partial charge in [-0.1, -0.05) is 18.2 Å². The summed E-state index contributed by atoms with van der Waals surface area (Å²) in [5.74, 6) is 0.438. The fourth-order valence-corrected chi connectivity index (χ4v) is 1.65. The van der Waals surface area contributed by atoms with Crippen molar-refractivity contribution >= 4 is 10.1 Å². The largest absolute Gasteiger partial charge is 1.00 e. The number of para-hydroxylation sites is 1. The number of unbranched alkanes of at least 4 members (excludes halogenated alkanes) is 1. The summed E-state index contributed by atoms with van der Waals surface area (Å²) in [7, 11) is -4.07. The van der Waals surface area contributed by atoms with Gasteiger partial charge in [-0.15, -0.1) is 0 Å². The quantitative estimate of drug-likeness (QED) is 0.347. The second-order valence-corrected chi connectivity index (χ2v) is 4.65. The van der Waals surface area contributed by atoms with Crippen LogP contribution in [0.15, 0.2) is 30.3 Å². The van der Waals surface area contributed by atoms with Gasteiger partial charge >= 0.3 is 29.6 Å². The predicted octanol–water partition coefficient (Wildman–Crippen LogP) is -1.61. The number of hydrogen-bond donors (Lipinski definition) is 0. The summed E-state index contributed by atoms with van der Waals surface area (Å²) in [6, 6.07) is 9.25. The Bertz CT molecular complexity index is 377. The Hall–Kier alpha value is -0.0700. The van der Waals surface area contributed by atoms with Crippen LogP contribution in [0.1, 0.15) is 12.8 Å². The summed E-state index contributed by atoms with van der Waals surface area (Å²) >= 11 is 0. The summed E-state index contributed by atoms with van der Waals surface area (Å²) in [5, 5.41) is 0. The Kier molecular flexibility index (Phi) is 8.05. The molecule has 0 atom stereocenters. The minimum absolute atomic E-state index is 0. The molecule has 0 aliphatic heterocycles. The molecule has 0 aliphatic rings. The SMILES string of the molecule is O=S(=O)([O-])CCCCOc1ccccc1.[Na+]. The van der Waals surface area contributed by atoms with Crippen molar-refractivity contribution in [2.75, 3.05) is 12.4 Å². The molecule has 6 heteroatoms. The van der Waals surface area contributed by atoms with Crippen LogP contribution in [0.2, 0.25) is 0 Å². The van der Waals surface area contributed by atoms with Gasteiger partial charge in [0.05, 0.1) is 16.7 Å². The van der Waals surface area contributed by atoms with E-state index in [4.69, 9.17) is 4.74 Å². The first-order valence-corrected chi connectivity index (χ1v) is 6.27. The van der Waals surface area contributed by atoms with Gasteiger partial charge in [0, 0.05) is 5.75 Å². The zero-order valence-corrected chi connectivity index (χ0v) is 12.1. The van der Waals surface area contributed by atoms with Gasteiger partial charge in [-0.05, 0) is 25.0 Å². The first-order valence-electron chi connectivity index (χ1n) is 4.69. The van der Waals surface area contributed by atoms with Crippen LogP contribution in [0.25, 0.3) is 0 Å². The van der Waals surface area contributed by atoms with Gasteiger partial charge in [0.25, 0.3) is 0 Å². The molecule has 0 aromatic heterocycles. The number of rotatable bonds is 6. The molecule has 0 amide bonds. The van der Waals surface area contributed by atoms with E-state index >= 15 is 0 Å². The predicted molar refractivity (Wildman–Crippen MR) is 55.7 cm³/mol. The Morgan fingerprint density at radius 2 is 1.75 bits per heavy atom. The minimum Gasteiger partial charge on any atom is -0.748 e. The van der Waals surface area contributed by atoms with Crippen molar-refractivity contribution in [1.82, 2.24) is 0 Å². The molecule has 0 aliphatic carbocycles. The first kappa shape index (κ1) is 15.9.